The summed E-state index contributed by atoms with van der Waals surface area (Å²) in [4.78, 5) is 4.08. The molecular weight excluding hydrogens is 280 g/mol. The second-order valence-electron chi connectivity index (χ2n) is 4.40. The van der Waals surface area contributed by atoms with Crippen LogP contribution in [-0.4, -0.2) is 28.2 Å². The molecule has 4 N–H and O–H groups in total. The van der Waals surface area contributed by atoms with Gasteiger partial charge in [-0.25, -0.2) is 4.98 Å². The molecule has 0 radical (unpaired) electrons. The standard InChI is InChI=1S/C11H18N6O2S/c1-3-4-17-7-10(14-8(17)2)20(18,19)16-11-9(5-12)6-13-15-11/h6-7H,3-5,12H2,1-2H3,(H2,13,15,16). The van der Waals surface area contributed by atoms with Gasteiger partial charge in [0.05, 0.1) is 6.20 Å². The van der Waals surface area contributed by atoms with Crippen LogP contribution < -0.4 is 10.5 Å². The van der Waals surface area contributed by atoms with E-state index in [0.29, 0.717) is 11.4 Å². The summed E-state index contributed by atoms with van der Waals surface area (Å²) in [5.41, 5.74) is 6.10. The van der Waals surface area contributed by atoms with Gasteiger partial charge in [0.15, 0.2) is 5.03 Å². The van der Waals surface area contributed by atoms with E-state index < -0.39 is 10.0 Å². The van der Waals surface area contributed by atoms with Gasteiger partial charge < -0.3 is 10.3 Å². The van der Waals surface area contributed by atoms with Crippen molar-refractivity contribution in [3.8, 4) is 0 Å². The normalized spacial score (nSPS) is 11.8. The zero-order chi connectivity index (χ0) is 14.8. The van der Waals surface area contributed by atoms with E-state index in [-0.39, 0.29) is 17.4 Å². The second-order valence-corrected chi connectivity index (χ2v) is 6.03. The minimum atomic E-state index is -3.74. The maximum absolute atomic E-state index is 12.3. The second kappa shape index (κ2) is 5.63. The zero-order valence-corrected chi connectivity index (χ0v) is 12.2. The highest BCUT2D eigenvalue weighted by atomic mass is 32.2. The Hall–Kier alpha value is -1.87. The molecule has 0 saturated carbocycles. The number of nitrogens with zero attached hydrogens (tertiary/aromatic N) is 3. The third-order valence-electron chi connectivity index (χ3n) is 2.87. The van der Waals surface area contributed by atoms with Crippen LogP contribution in [0.4, 0.5) is 5.82 Å². The molecule has 0 atom stereocenters. The van der Waals surface area contributed by atoms with Crippen LogP contribution in [0.5, 0.6) is 0 Å². The van der Waals surface area contributed by atoms with Crippen molar-refractivity contribution < 1.29 is 8.42 Å². The monoisotopic (exact) mass is 298 g/mol. The molecule has 2 aromatic rings. The Morgan fingerprint density at radius 2 is 2.25 bits per heavy atom. The number of rotatable bonds is 6. The van der Waals surface area contributed by atoms with Crippen molar-refractivity contribution in [2.45, 2.75) is 38.4 Å². The number of imidazole rings is 1. The molecule has 0 aromatic carbocycles. The predicted octanol–water partition coefficient (Wildman–Crippen LogP) is 0.584. The molecule has 20 heavy (non-hydrogen) atoms. The molecule has 0 bridgehead atoms. The maximum atomic E-state index is 12.3. The Morgan fingerprint density at radius 1 is 1.50 bits per heavy atom. The van der Waals surface area contributed by atoms with Crippen LogP contribution in [0, 0.1) is 6.92 Å². The van der Waals surface area contributed by atoms with Gasteiger partial charge in [0.25, 0.3) is 10.0 Å². The number of sulfonamides is 1. The van der Waals surface area contributed by atoms with Crippen molar-refractivity contribution in [1.29, 1.82) is 0 Å². The highest BCUT2D eigenvalue weighted by molar-refractivity contribution is 7.92. The number of aryl methyl sites for hydroxylation is 2. The van der Waals surface area contributed by atoms with Crippen molar-refractivity contribution in [1.82, 2.24) is 19.7 Å². The van der Waals surface area contributed by atoms with E-state index in [9.17, 15) is 8.42 Å². The molecule has 0 aliphatic rings. The lowest BCUT2D eigenvalue weighted by Crippen LogP contribution is -2.15. The van der Waals surface area contributed by atoms with E-state index in [4.69, 9.17) is 5.73 Å². The fraction of sp³-hybridized carbons (Fsp3) is 0.455. The first-order chi connectivity index (χ1) is 9.47. The Balaban J connectivity index is 2.29. The average molecular weight is 298 g/mol. The largest absolute Gasteiger partial charge is 0.334 e. The van der Waals surface area contributed by atoms with Crippen LogP contribution in [0.25, 0.3) is 0 Å². The van der Waals surface area contributed by atoms with Crippen LogP contribution in [0.15, 0.2) is 17.4 Å². The molecule has 0 aliphatic carbocycles. The van der Waals surface area contributed by atoms with Gasteiger partial charge in [0.1, 0.15) is 11.6 Å². The molecule has 2 rings (SSSR count). The first-order valence-electron chi connectivity index (χ1n) is 6.26. The minimum absolute atomic E-state index is 0.0129. The van der Waals surface area contributed by atoms with Gasteiger partial charge in [0.2, 0.25) is 0 Å². The van der Waals surface area contributed by atoms with Crippen molar-refractivity contribution in [3.63, 3.8) is 0 Å². The molecule has 8 nitrogen and oxygen atoms in total. The minimum Gasteiger partial charge on any atom is -0.334 e. The molecule has 0 unspecified atom stereocenters. The number of anilines is 1. The fourth-order valence-corrected chi connectivity index (χ4v) is 2.89. The van der Waals surface area contributed by atoms with Gasteiger partial charge in [-0.2, -0.15) is 13.5 Å². The highest BCUT2D eigenvalue weighted by Crippen LogP contribution is 2.17. The van der Waals surface area contributed by atoms with E-state index in [1.165, 1.54) is 12.4 Å². The topological polar surface area (TPSA) is 119 Å². The number of aromatic nitrogens is 4. The van der Waals surface area contributed by atoms with Crippen LogP contribution >= 0.6 is 0 Å². The quantitative estimate of drug-likeness (QED) is 0.721. The van der Waals surface area contributed by atoms with Gasteiger partial charge in [0, 0.05) is 24.8 Å². The molecule has 0 spiro atoms. The Bertz CT molecular complexity index is 688. The van der Waals surface area contributed by atoms with Crippen molar-refractivity contribution >= 4 is 15.8 Å². The Kier molecular flexibility index (Phi) is 4.09. The lowest BCUT2D eigenvalue weighted by molar-refractivity contribution is 0.597. The molecule has 2 aromatic heterocycles. The van der Waals surface area contributed by atoms with Crippen LogP contribution in [0.1, 0.15) is 24.7 Å². The van der Waals surface area contributed by atoms with E-state index >= 15 is 0 Å². The van der Waals surface area contributed by atoms with Gasteiger partial charge in [-0.1, -0.05) is 6.92 Å². The number of H-pyrrole nitrogens is 1. The fourth-order valence-electron chi connectivity index (χ4n) is 1.82. The molecule has 0 fully saturated rings. The molecule has 9 heteroatoms. The van der Waals surface area contributed by atoms with Gasteiger partial charge >= 0.3 is 0 Å². The maximum Gasteiger partial charge on any atom is 0.282 e. The Morgan fingerprint density at radius 3 is 2.90 bits per heavy atom. The molecule has 110 valence electrons. The highest BCUT2D eigenvalue weighted by Gasteiger charge is 2.21. The summed E-state index contributed by atoms with van der Waals surface area (Å²) in [7, 11) is -3.74. The van der Waals surface area contributed by atoms with Crippen molar-refractivity contribution in [3.05, 3.63) is 23.8 Å². The summed E-state index contributed by atoms with van der Waals surface area (Å²) >= 11 is 0. The molecule has 2 heterocycles. The molecule has 0 amide bonds. The van der Waals surface area contributed by atoms with E-state index in [2.05, 4.69) is 19.9 Å². The average Bonchev–Trinajstić information content (AvgIpc) is 2.97. The lowest BCUT2D eigenvalue weighted by atomic mass is 10.3. The summed E-state index contributed by atoms with van der Waals surface area (Å²) in [6.45, 7) is 4.71. The summed E-state index contributed by atoms with van der Waals surface area (Å²) < 4.78 is 28.7. The third-order valence-corrected chi connectivity index (χ3v) is 4.09. The number of nitrogens with one attached hydrogen (secondary N) is 2. The summed E-state index contributed by atoms with van der Waals surface area (Å²) in [5.74, 6) is 0.936. The number of aromatic amines is 1. The van der Waals surface area contributed by atoms with E-state index in [0.717, 1.165) is 13.0 Å². The Labute approximate surface area is 117 Å². The summed E-state index contributed by atoms with van der Waals surface area (Å²) in [5, 5.41) is 6.33. The van der Waals surface area contributed by atoms with E-state index in [1.807, 2.05) is 11.5 Å². The van der Waals surface area contributed by atoms with Crippen LogP contribution in [0.2, 0.25) is 0 Å². The number of hydrogen-bond donors (Lipinski definition) is 3. The van der Waals surface area contributed by atoms with Crippen LogP contribution in [-0.2, 0) is 23.1 Å². The van der Waals surface area contributed by atoms with E-state index in [1.54, 1.807) is 6.92 Å². The summed E-state index contributed by atoms with van der Waals surface area (Å²) in [6.07, 6.45) is 3.92. The predicted molar refractivity (Wildman–Crippen MR) is 74.5 cm³/mol. The first-order valence-corrected chi connectivity index (χ1v) is 7.75. The SMILES string of the molecule is CCCn1cc(S(=O)(=O)Nc2[nH]ncc2CN)nc1C. The number of nitrogens with two attached hydrogens (primary N) is 1. The molecule has 0 saturated heterocycles. The summed E-state index contributed by atoms with van der Waals surface area (Å²) in [6, 6.07) is 0. The third kappa shape index (κ3) is 2.83. The van der Waals surface area contributed by atoms with Crippen molar-refractivity contribution in [2.75, 3.05) is 4.72 Å². The van der Waals surface area contributed by atoms with Gasteiger partial charge in [-0.05, 0) is 13.3 Å². The van der Waals surface area contributed by atoms with Gasteiger partial charge in [-0.3, -0.25) is 9.82 Å². The van der Waals surface area contributed by atoms with Crippen LogP contribution in [0.3, 0.4) is 0 Å². The number of hydrogen-bond acceptors (Lipinski definition) is 5. The smallest absolute Gasteiger partial charge is 0.282 e. The molecular formula is C11H18N6O2S. The first kappa shape index (κ1) is 14.5. The van der Waals surface area contributed by atoms with Crippen molar-refractivity contribution in [2.24, 2.45) is 5.73 Å². The zero-order valence-electron chi connectivity index (χ0n) is 11.4. The lowest BCUT2D eigenvalue weighted by Gasteiger charge is -2.04. The molecule has 0 aliphatic heterocycles. The van der Waals surface area contributed by atoms with Gasteiger partial charge in [-0.15, -0.1) is 0 Å².